The standard InChI is InChI=1S/C18H23NO3/c1-13(15-7-5-4-6-8-15)11-19-12-14-9-16(21-2)18(20)17(10-14)22-3/h4-10,13,19-20H,11-12H2,1-3H3. The third-order valence-corrected chi connectivity index (χ3v) is 3.69. The maximum absolute atomic E-state index is 9.91. The van der Waals surface area contributed by atoms with Crippen LogP contribution >= 0.6 is 0 Å². The van der Waals surface area contributed by atoms with Gasteiger partial charge in [-0.1, -0.05) is 37.3 Å². The van der Waals surface area contributed by atoms with E-state index in [1.807, 2.05) is 18.2 Å². The molecule has 0 saturated heterocycles. The van der Waals surface area contributed by atoms with Crippen LogP contribution < -0.4 is 14.8 Å². The highest BCUT2D eigenvalue weighted by molar-refractivity contribution is 5.52. The quantitative estimate of drug-likeness (QED) is 0.824. The summed E-state index contributed by atoms with van der Waals surface area (Å²) >= 11 is 0. The Morgan fingerprint density at radius 1 is 1.05 bits per heavy atom. The monoisotopic (exact) mass is 301 g/mol. The molecule has 2 rings (SSSR count). The van der Waals surface area contributed by atoms with Gasteiger partial charge in [0.2, 0.25) is 5.75 Å². The fourth-order valence-electron chi connectivity index (χ4n) is 2.38. The molecule has 2 aromatic rings. The molecule has 0 radical (unpaired) electrons. The summed E-state index contributed by atoms with van der Waals surface area (Å²) in [6.07, 6.45) is 0. The summed E-state index contributed by atoms with van der Waals surface area (Å²) in [6, 6.07) is 14.1. The van der Waals surface area contributed by atoms with Crippen molar-refractivity contribution in [1.29, 1.82) is 0 Å². The van der Waals surface area contributed by atoms with E-state index < -0.39 is 0 Å². The Labute approximate surface area is 131 Å². The summed E-state index contributed by atoms with van der Waals surface area (Å²) < 4.78 is 10.3. The zero-order chi connectivity index (χ0) is 15.9. The summed E-state index contributed by atoms with van der Waals surface area (Å²) in [7, 11) is 3.06. The molecule has 0 bridgehead atoms. The SMILES string of the molecule is COc1cc(CNCC(C)c2ccccc2)cc(OC)c1O. The number of nitrogens with one attached hydrogen (secondary N) is 1. The van der Waals surface area contributed by atoms with Gasteiger partial charge in [0.25, 0.3) is 0 Å². The minimum Gasteiger partial charge on any atom is -0.502 e. The number of aromatic hydroxyl groups is 1. The highest BCUT2D eigenvalue weighted by Gasteiger charge is 2.11. The van der Waals surface area contributed by atoms with Gasteiger partial charge in [0, 0.05) is 13.1 Å². The minimum absolute atomic E-state index is 0.0337. The molecule has 4 heteroatoms. The maximum Gasteiger partial charge on any atom is 0.200 e. The summed E-state index contributed by atoms with van der Waals surface area (Å²) in [5, 5.41) is 13.3. The van der Waals surface area contributed by atoms with Gasteiger partial charge in [-0.25, -0.2) is 0 Å². The molecule has 0 amide bonds. The van der Waals surface area contributed by atoms with Crippen LogP contribution in [0.4, 0.5) is 0 Å². The van der Waals surface area contributed by atoms with Crippen molar-refractivity contribution in [3.63, 3.8) is 0 Å². The van der Waals surface area contributed by atoms with Crippen molar-refractivity contribution in [2.45, 2.75) is 19.4 Å². The molecule has 2 aromatic carbocycles. The average molecular weight is 301 g/mol. The highest BCUT2D eigenvalue weighted by atomic mass is 16.5. The van der Waals surface area contributed by atoms with E-state index in [0.29, 0.717) is 24.0 Å². The molecule has 0 heterocycles. The molecule has 1 unspecified atom stereocenters. The molecular weight excluding hydrogens is 278 g/mol. The first-order valence-corrected chi connectivity index (χ1v) is 7.35. The van der Waals surface area contributed by atoms with E-state index in [4.69, 9.17) is 9.47 Å². The largest absolute Gasteiger partial charge is 0.502 e. The maximum atomic E-state index is 9.91. The Kier molecular flexibility index (Phi) is 5.67. The molecule has 0 saturated carbocycles. The average Bonchev–Trinajstić information content (AvgIpc) is 2.56. The van der Waals surface area contributed by atoms with Gasteiger partial charge in [0.1, 0.15) is 0 Å². The summed E-state index contributed by atoms with van der Waals surface area (Å²) in [5.74, 6) is 1.31. The summed E-state index contributed by atoms with van der Waals surface area (Å²) in [4.78, 5) is 0. The molecule has 0 aliphatic carbocycles. The van der Waals surface area contributed by atoms with Crippen LogP contribution in [0.25, 0.3) is 0 Å². The van der Waals surface area contributed by atoms with Gasteiger partial charge in [-0.15, -0.1) is 0 Å². The smallest absolute Gasteiger partial charge is 0.200 e. The summed E-state index contributed by atoms with van der Waals surface area (Å²) in [6.45, 7) is 3.75. The van der Waals surface area contributed by atoms with Crippen molar-refractivity contribution >= 4 is 0 Å². The molecule has 1 atom stereocenters. The number of hydrogen-bond acceptors (Lipinski definition) is 4. The van der Waals surface area contributed by atoms with Gasteiger partial charge in [0.15, 0.2) is 11.5 Å². The second-order valence-corrected chi connectivity index (χ2v) is 5.29. The van der Waals surface area contributed by atoms with Crippen LogP contribution in [0.15, 0.2) is 42.5 Å². The van der Waals surface area contributed by atoms with Crippen LogP contribution in [0.1, 0.15) is 24.0 Å². The Bertz CT molecular complexity index is 574. The Morgan fingerprint density at radius 3 is 2.18 bits per heavy atom. The normalized spacial score (nSPS) is 12.0. The lowest BCUT2D eigenvalue weighted by Crippen LogP contribution is -2.19. The fourth-order valence-corrected chi connectivity index (χ4v) is 2.38. The van der Waals surface area contributed by atoms with Crippen molar-refractivity contribution in [2.75, 3.05) is 20.8 Å². The van der Waals surface area contributed by atoms with E-state index in [9.17, 15) is 5.11 Å². The molecule has 0 aromatic heterocycles. The van der Waals surface area contributed by atoms with Crippen LogP contribution in [0.3, 0.4) is 0 Å². The number of rotatable bonds is 7. The zero-order valence-electron chi connectivity index (χ0n) is 13.3. The molecule has 118 valence electrons. The van der Waals surface area contributed by atoms with Crippen molar-refractivity contribution < 1.29 is 14.6 Å². The third-order valence-electron chi connectivity index (χ3n) is 3.69. The Balaban J connectivity index is 1.97. The zero-order valence-corrected chi connectivity index (χ0v) is 13.3. The Morgan fingerprint density at radius 2 is 1.64 bits per heavy atom. The first-order valence-electron chi connectivity index (χ1n) is 7.35. The lowest BCUT2D eigenvalue weighted by molar-refractivity contribution is 0.339. The topological polar surface area (TPSA) is 50.7 Å². The van der Waals surface area contributed by atoms with E-state index in [1.54, 1.807) is 0 Å². The van der Waals surface area contributed by atoms with Crippen molar-refractivity contribution in [1.82, 2.24) is 5.32 Å². The molecule has 0 aliphatic rings. The van der Waals surface area contributed by atoms with Gasteiger partial charge in [-0.2, -0.15) is 0 Å². The number of methoxy groups -OCH3 is 2. The fraction of sp³-hybridized carbons (Fsp3) is 0.333. The van der Waals surface area contributed by atoms with E-state index in [2.05, 4.69) is 36.5 Å². The molecule has 0 spiro atoms. The Hall–Kier alpha value is -2.20. The van der Waals surface area contributed by atoms with Crippen molar-refractivity contribution in [3.8, 4) is 17.2 Å². The van der Waals surface area contributed by atoms with Crippen LogP contribution in [0.2, 0.25) is 0 Å². The number of phenols is 1. The lowest BCUT2D eigenvalue weighted by atomic mass is 10.0. The third kappa shape index (κ3) is 3.92. The van der Waals surface area contributed by atoms with Gasteiger partial charge in [0.05, 0.1) is 14.2 Å². The predicted octanol–water partition coefficient (Wildman–Crippen LogP) is 3.30. The number of hydrogen-bond donors (Lipinski definition) is 2. The van der Waals surface area contributed by atoms with E-state index in [0.717, 1.165) is 12.1 Å². The van der Waals surface area contributed by atoms with Crippen molar-refractivity contribution in [2.24, 2.45) is 0 Å². The molecule has 0 aliphatic heterocycles. The van der Waals surface area contributed by atoms with Crippen LogP contribution in [0.5, 0.6) is 17.2 Å². The number of benzene rings is 2. The van der Waals surface area contributed by atoms with Gasteiger partial charge < -0.3 is 19.9 Å². The lowest BCUT2D eigenvalue weighted by Gasteiger charge is -2.15. The second-order valence-electron chi connectivity index (χ2n) is 5.29. The van der Waals surface area contributed by atoms with E-state index in [-0.39, 0.29) is 5.75 Å². The first-order chi connectivity index (χ1) is 10.7. The van der Waals surface area contributed by atoms with Crippen molar-refractivity contribution in [3.05, 3.63) is 53.6 Å². The van der Waals surface area contributed by atoms with Crippen LogP contribution in [0, 0.1) is 0 Å². The van der Waals surface area contributed by atoms with E-state index >= 15 is 0 Å². The second kappa shape index (κ2) is 7.71. The first kappa shape index (κ1) is 16.2. The van der Waals surface area contributed by atoms with E-state index in [1.165, 1.54) is 19.8 Å². The number of phenolic OH excluding ortho intramolecular Hbond substituents is 1. The molecular formula is C18H23NO3. The number of ether oxygens (including phenoxy) is 2. The van der Waals surface area contributed by atoms with Gasteiger partial charge >= 0.3 is 0 Å². The van der Waals surface area contributed by atoms with Crippen LogP contribution in [-0.4, -0.2) is 25.9 Å². The highest BCUT2D eigenvalue weighted by Crippen LogP contribution is 2.37. The molecule has 4 nitrogen and oxygen atoms in total. The van der Waals surface area contributed by atoms with Crippen LogP contribution in [-0.2, 0) is 6.54 Å². The molecule has 0 fully saturated rings. The molecule has 22 heavy (non-hydrogen) atoms. The van der Waals surface area contributed by atoms with Gasteiger partial charge in [-0.3, -0.25) is 0 Å². The minimum atomic E-state index is 0.0337. The molecule has 2 N–H and O–H groups in total. The predicted molar refractivity (Wildman–Crippen MR) is 87.8 cm³/mol. The summed E-state index contributed by atoms with van der Waals surface area (Å²) in [5.41, 5.74) is 2.32. The van der Waals surface area contributed by atoms with Gasteiger partial charge in [-0.05, 0) is 29.2 Å².